The number of hydrogen-bond donors (Lipinski definition) is 0. The van der Waals surface area contributed by atoms with Crippen molar-refractivity contribution in [3.05, 3.63) is 87.3 Å². The molecule has 208 valence electrons. The molecule has 0 saturated heterocycles. The molecule has 0 fully saturated rings. The van der Waals surface area contributed by atoms with Crippen LogP contribution in [0.1, 0.15) is 33.1 Å². The normalized spacial score (nSPS) is 14.4. The van der Waals surface area contributed by atoms with Gasteiger partial charge >= 0.3 is 5.63 Å². The number of fused-ring (bicyclic) bond motifs is 2. The van der Waals surface area contributed by atoms with Gasteiger partial charge in [-0.25, -0.2) is 4.79 Å². The summed E-state index contributed by atoms with van der Waals surface area (Å²) in [5, 5.41) is 0.831. The number of rotatable bonds is 8. The van der Waals surface area contributed by atoms with Crippen molar-refractivity contribution in [3.63, 3.8) is 0 Å². The lowest BCUT2D eigenvalue weighted by atomic mass is 9.91. The zero-order valence-corrected chi connectivity index (χ0v) is 23.1. The van der Waals surface area contributed by atoms with Crippen LogP contribution in [0.2, 0.25) is 0 Å². The first-order valence-electron chi connectivity index (χ1n) is 12.8. The molecule has 1 aliphatic rings. The standard InChI is InChI=1S/C31H31NO8/c1-18-12-30(33)40-26-15-21(7-8-22(18)26)39-17-24-23-16-29(38-5)28(37-4)13-19(23)10-11-32(24)31(34)20-6-9-25(35-2)27(14-20)36-3/h6-9,12-16,24H,10-11,17H2,1-5H3/t24-/m1/s1. The Hall–Kier alpha value is -4.66. The fourth-order valence-corrected chi connectivity index (χ4v) is 5.16. The first kappa shape index (κ1) is 26.9. The molecule has 0 unspecified atom stereocenters. The van der Waals surface area contributed by atoms with E-state index < -0.39 is 11.7 Å². The Labute approximate surface area is 231 Å². The third-order valence-corrected chi connectivity index (χ3v) is 7.22. The van der Waals surface area contributed by atoms with E-state index in [2.05, 4.69) is 0 Å². The van der Waals surface area contributed by atoms with Crippen LogP contribution in [0.15, 0.2) is 63.8 Å². The van der Waals surface area contributed by atoms with Crippen LogP contribution in [0.3, 0.4) is 0 Å². The molecule has 1 aliphatic heterocycles. The summed E-state index contributed by atoms with van der Waals surface area (Å²) in [5.74, 6) is 2.55. The number of hydrogen-bond acceptors (Lipinski definition) is 8. The Morgan fingerprint density at radius 1 is 0.875 bits per heavy atom. The van der Waals surface area contributed by atoms with Gasteiger partial charge in [0.05, 0.1) is 34.5 Å². The number of methoxy groups -OCH3 is 4. The second kappa shape index (κ2) is 11.2. The zero-order valence-electron chi connectivity index (χ0n) is 23.1. The summed E-state index contributed by atoms with van der Waals surface area (Å²) in [6.45, 7) is 2.48. The Kier molecular flexibility index (Phi) is 7.55. The molecular formula is C31H31NO8. The molecule has 5 rings (SSSR count). The Bertz CT molecular complexity index is 1630. The van der Waals surface area contributed by atoms with Crippen molar-refractivity contribution in [2.45, 2.75) is 19.4 Å². The Morgan fingerprint density at radius 2 is 1.57 bits per heavy atom. The molecule has 1 amide bonds. The average Bonchev–Trinajstić information content (AvgIpc) is 2.97. The van der Waals surface area contributed by atoms with E-state index in [0.717, 1.165) is 22.1 Å². The minimum Gasteiger partial charge on any atom is -0.493 e. The minimum atomic E-state index is -0.440. The third-order valence-electron chi connectivity index (χ3n) is 7.22. The predicted octanol–water partition coefficient (Wildman–Crippen LogP) is 4.95. The first-order chi connectivity index (χ1) is 19.4. The summed E-state index contributed by atoms with van der Waals surface area (Å²) in [4.78, 5) is 27.6. The van der Waals surface area contributed by atoms with E-state index in [1.165, 1.54) is 13.2 Å². The molecule has 40 heavy (non-hydrogen) atoms. The molecule has 3 aromatic carbocycles. The summed E-state index contributed by atoms with van der Waals surface area (Å²) in [5.41, 5.74) is 3.26. The molecule has 0 bridgehead atoms. The monoisotopic (exact) mass is 545 g/mol. The minimum absolute atomic E-state index is 0.156. The zero-order chi connectivity index (χ0) is 28.4. The van der Waals surface area contributed by atoms with Crippen LogP contribution in [0.4, 0.5) is 0 Å². The van der Waals surface area contributed by atoms with Gasteiger partial charge in [0.2, 0.25) is 0 Å². The van der Waals surface area contributed by atoms with Gasteiger partial charge in [0.1, 0.15) is 17.9 Å². The molecule has 1 atom stereocenters. The molecule has 0 radical (unpaired) electrons. The molecule has 2 heterocycles. The number of aryl methyl sites for hydroxylation is 1. The van der Waals surface area contributed by atoms with Crippen LogP contribution in [0.5, 0.6) is 28.7 Å². The van der Waals surface area contributed by atoms with Crippen molar-refractivity contribution in [2.24, 2.45) is 0 Å². The second-order valence-electron chi connectivity index (χ2n) is 9.46. The third kappa shape index (κ3) is 5.02. The van der Waals surface area contributed by atoms with Crippen molar-refractivity contribution in [1.82, 2.24) is 4.90 Å². The van der Waals surface area contributed by atoms with Crippen molar-refractivity contribution in [1.29, 1.82) is 0 Å². The van der Waals surface area contributed by atoms with Gasteiger partial charge in [-0.1, -0.05) is 0 Å². The van der Waals surface area contributed by atoms with Crippen LogP contribution in [0, 0.1) is 6.92 Å². The molecule has 9 heteroatoms. The van der Waals surface area contributed by atoms with Crippen molar-refractivity contribution >= 4 is 16.9 Å². The Balaban J connectivity index is 1.52. The maximum Gasteiger partial charge on any atom is 0.336 e. The van der Waals surface area contributed by atoms with Crippen LogP contribution in [-0.2, 0) is 6.42 Å². The molecule has 4 aromatic rings. The maximum absolute atomic E-state index is 13.9. The number of carbonyl (C=O) groups excluding carboxylic acids is 1. The SMILES string of the molecule is COc1ccc(C(=O)N2CCc3cc(OC)c(OC)cc3[C@H]2COc2ccc3c(C)cc(=O)oc3c2)cc1OC. The number of nitrogens with zero attached hydrogens (tertiary/aromatic N) is 1. The molecule has 1 aromatic heterocycles. The van der Waals surface area contributed by atoms with Crippen LogP contribution >= 0.6 is 0 Å². The van der Waals surface area contributed by atoms with Gasteiger partial charge in [-0.2, -0.15) is 0 Å². The maximum atomic E-state index is 13.9. The summed E-state index contributed by atoms with van der Waals surface area (Å²) in [6.07, 6.45) is 0.631. The van der Waals surface area contributed by atoms with Gasteiger partial charge in [0.25, 0.3) is 5.91 Å². The van der Waals surface area contributed by atoms with Gasteiger partial charge in [0, 0.05) is 29.6 Å². The molecule has 0 aliphatic carbocycles. The molecule has 0 spiro atoms. The number of carbonyl (C=O) groups is 1. The summed E-state index contributed by atoms with van der Waals surface area (Å²) < 4.78 is 33.5. The van der Waals surface area contributed by atoms with Gasteiger partial charge < -0.3 is 33.0 Å². The van der Waals surface area contributed by atoms with Crippen molar-refractivity contribution < 1.29 is 32.9 Å². The predicted molar refractivity (Wildman–Crippen MR) is 149 cm³/mol. The largest absolute Gasteiger partial charge is 0.493 e. The lowest BCUT2D eigenvalue weighted by molar-refractivity contribution is 0.0589. The topological polar surface area (TPSA) is 96.7 Å². The fourth-order valence-electron chi connectivity index (χ4n) is 5.16. The van der Waals surface area contributed by atoms with E-state index in [1.807, 2.05) is 31.2 Å². The van der Waals surface area contributed by atoms with E-state index in [-0.39, 0.29) is 12.5 Å². The number of benzene rings is 3. The molecule has 0 N–H and O–H groups in total. The summed E-state index contributed by atoms with van der Waals surface area (Å²) >= 11 is 0. The highest BCUT2D eigenvalue weighted by Gasteiger charge is 2.34. The van der Waals surface area contributed by atoms with Gasteiger partial charge in [0.15, 0.2) is 23.0 Å². The summed E-state index contributed by atoms with van der Waals surface area (Å²) in [7, 11) is 6.26. The second-order valence-corrected chi connectivity index (χ2v) is 9.46. The fraction of sp³-hybridized carbons (Fsp3) is 0.290. The van der Waals surface area contributed by atoms with Crippen LogP contribution < -0.4 is 29.3 Å². The summed E-state index contributed by atoms with van der Waals surface area (Å²) in [6, 6.07) is 15.4. The lowest BCUT2D eigenvalue weighted by Crippen LogP contribution is -2.42. The average molecular weight is 546 g/mol. The first-order valence-corrected chi connectivity index (χ1v) is 12.8. The quantitative estimate of drug-likeness (QED) is 0.287. The van der Waals surface area contributed by atoms with Crippen molar-refractivity contribution in [2.75, 3.05) is 41.6 Å². The molecule has 0 saturated carbocycles. The van der Waals surface area contributed by atoms with E-state index in [4.69, 9.17) is 28.1 Å². The molecule has 9 nitrogen and oxygen atoms in total. The van der Waals surface area contributed by atoms with Crippen LogP contribution in [0.25, 0.3) is 11.0 Å². The van der Waals surface area contributed by atoms with E-state index in [0.29, 0.717) is 52.9 Å². The molecular weight excluding hydrogens is 514 g/mol. The van der Waals surface area contributed by atoms with Crippen molar-refractivity contribution in [3.8, 4) is 28.7 Å². The van der Waals surface area contributed by atoms with Gasteiger partial charge in [-0.15, -0.1) is 0 Å². The van der Waals surface area contributed by atoms with Gasteiger partial charge in [-0.05, 0) is 72.5 Å². The highest BCUT2D eigenvalue weighted by Crippen LogP contribution is 2.39. The van der Waals surface area contributed by atoms with Crippen LogP contribution in [-0.4, -0.2) is 52.4 Å². The Morgan fingerprint density at radius 3 is 2.30 bits per heavy atom. The highest BCUT2D eigenvalue weighted by atomic mass is 16.5. The number of amides is 1. The number of ether oxygens (including phenoxy) is 5. The van der Waals surface area contributed by atoms with E-state index in [9.17, 15) is 9.59 Å². The van der Waals surface area contributed by atoms with E-state index >= 15 is 0 Å². The lowest BCUT2D eigenvalue weighted by Gasteiger charge is -2.37. The van der Waals surface area contributed by atoms with E-state index in [1.54, 1.807) is 50.5 Å². The van der Waals surface area contributed by atoms with Gasteiger partial charge in [-0.3, -0.25) is 4.79 Å². The highest BCUT2D eigenvalue weighted by molar-refractivity contribution is 5.95. The smallest absolute Gasteiger partial charge is 0.336 e.